The summed E-state index contributed by atoms with van der Waals surface area (Å²) in [5, 5.41) is 5.76. The van der Waals surface area contributed by atoms with Crippen LogP contribution in [0.15, 0.2) is 60.7 Å². The number of nitrogens with two attached hydrogens (primary N) is 1. The highest BCUT2D eigenvalue weighted by Crippen LogP contribution is 2.31. The first-order chi connectivity index (χ1) is 12.6. The highest BCUT2D eigenvalue weighted by molar-refractivity contribution is 5.97. The number of amides is 2. The average Bonchev–Trinajstić information content (AvgIpc) is 3.52. The fourth-order valence-electron chi connectivity index (χ4n) is 2.92. The van der Waals surface area contributed by atoms with E-state index in [-0.39, 0.29) is 17.9 Å². The summed E-state index contributed by atoms with van der Waals surface area (Å²) in [6.07, 6.45) is 2.70. The molecule has 1 aliphatic carbocycles. The number of benzene rings is 2. The quantitative estimate of drug-likeness (QED) is 0.679. The normalized spacial score (nSPS) is 15.7. The first-order valence-electron chi connectivity index (χ1n) is 9.06. The molecule has 0 heterocycles. The van der Waals surface area contributed by atoms with Crippen molar-refractivity contribution in [1.29, 1.82) is 0 Å². The summed E-state index contributed by atoms with van der Waals surface area (Å²) in [5.41, 5.74) is 7.60. The van der Waals surface area contributed by atoms with Crippen molar-refractivity contribution in [2.45, 2.75) is 31.3 Å². The van der Waals surface area contributed by atoms with Crippen LogP contribution in [0.4, 0.5) is 0 Å². The molecule has 1 aliphatic rings. The van der Waals surface area contributed by atoms with E-state index in [9.17, 15) is 9.59 Å². The Labute approximate surface area is 154 Å². The molecule has 1 fully saturated rings. The molecule has 2 unspecified atom stereocenters. The van der Waals surface area contributed by atoms with Crippen LogP contribution < -0.4 is 16.4 Å². The zero-order chi connectivity index (χ0) is 18.4. The van der Waals surface area contributed by atoms with Gasteiger partial charge in [-0.25, -0.2) is 0 Å². The molecule has 4 N–H and O–H groups in total. The van der Waals surface area contributed by atoms with Gasteiger partial charge >= 0.3 is 0 Å². The fraction of sp³-hybridized carbons (Fsp3) is 0.333. The number of nitrogens with one attached hydrogen (secondary N) is 2. The van der Waals surface area contributed by atoms with Crippen molar-refractivity contribution in [2.75, 3.05) is 6.54 Å². The molecule has 3 rings (SSSR count). The maximum atomic E-state index is 12.7. The van der Waals surface area contributed by atoms with E-state index >= 15 is 0 Å². The molecule has 26 heavy (non-hydrogen) atoms. The number of rotatable bonds is 8. The van der Waals surface area contributed by atoms with Gasteiger partial charge in [0.15, 0.2) is 0 Å². The van der Waals surface area contributed by atoms with E-state index in [2.05, 4.69) is 10.6 Å². The smallest absolute Gasteiger partial charge is 0.251 e. The number of carbonyl (C=O) groups is 2. The van der Waals surface area contributed by atoms with Crippen LogP contribution in [0, 0.1) is 5.92 Å². The minimum Gasteiger partial charge on any atom is -0.353 e. The van der Waals surface area contributed by atoms with Crippen LogP contribution in [-0.2, 0) is 11.2 Å². The third-order valence-corrected chi connectivity index (χ3v) is 4.68. The van der Waals surface area contributed by atoms with E-state index in [4.69, 9.17) is 5.73 Å². The molecule has 1 saturated carbocycles. The van der Waals surface area contributed by atoms with Gasteiger partial charge in [0.25, 0.3) is 5.91 Å². The first kappa shape index (κ1) is 18.1. The molecule has 0 bridgehead atoms. The Kier molecular flexibility index (Phi) is 6.02. The Morgan fingerprint density at radius 3 is 2.23 bits per heavy atom. The van der Waals surface area contributed by atoms with Gasteiger partial charge in [-0.15, -0.1) is 0 Å². The van der Waals surface area contributed by atoms with Crippen molar-refractivity contribution >= 4 is 11.8 Å². The molecule has 2 amide bonds. The van der Waals surface area contributed by atoms with Gasteiger partial charge in [0.1, 0.15) is 6.04 Å². The van der Waals surface area contributed by atoms with Crippen molar-refractivity contribution in [1.82, 2.24) is 10.6 Å². The van der Waals surface area contributed by atoms with Gasteiger partial charge in [-0.05, 0) is 36.5 Å². The molecule has 136 valence electrons. The maximum Gasteiger partial charge on any atom is 0.251 e. The van der Waals surface area contributed by atoms with Crippen LogP contribution >= 0.6 is 0 Å². The summed E-state index contributed by atoms with van der Waals surface area (Å²) in [7, 11) is 0. The number of carbonyl (C=O) groups excluding carboxylic acids is 2. The molecule has 5 heteroatoms. The van der Waals surface area contributed by atoms with Gasteiger partial charge in [-0.3, -0.25) is 9.59 Å². The van der Waals surface area contributed by atoms with E-state index in [0.29, 0.717) is 24.4 Å². The van der Waals surface area contributed by atoms with Gasteiger partial charge < -0.3 is 16.4 Å². The second kappa shape index (κ2) is 8.63. The van der Waals surface area contributed by atoms with E-state index in [0.717, 1.165) is 18.4 Å². The minimum absolute atomic E-state index is 0.0128. The second-order valence-electron chi connectivity index (χ2n) is 6.83. The molecular formula is C21H25N3O2. The Morgan fingerprint density at radius 2 is 1.62 bits per heavy atom. The summed E-state index contributed by atoms with van der Waals surface area (Å²) in [5.74, 6) is 0.0594. The maximum absolute atomic E-state index is 12.7. The molecule has 0 aliphatic heterocycles. The summed E-state index contributed by atoms with van der Waals surface area (Å²) >= 11 is 0. The monoisotopic (exact) mass is 351 g/mol. The van der Waals surface area contributed by atoms with Crippen LogP contribution in [0.25, 0.3) is 0 Å². The molecule has 0 radical (unpaired) electrons. The Bertz CT molecular complexity index is 729. The van der Waals surface area contributed by atoms with Crippen LogP contribution in [0.1, 0.15) is 28.8 Å². The molecule has 0 spiro atoms. The van der Waals surface area contributed by atoms with Crippen molar-refractivity contribution in [3.8, 4) is 0 Å². The SMILES string of the molecule is NC(CNC(=O)C(Cc1ccccc1)NC(=O)c1ccccc1)C1CC1. The summed E-state index contributed by atoms with van der Waals surface area (Å²) < 4.78 is 0. The zero-order valence-corrected chi connectivity index (χ0v) is 14.7. The fourth-order valence-corrected chi connectivity index (χ4v) is 2.92. The highest BCUT2D eigenvalue weighted by Gasteiger charge is 2.29. The van der Waals surface area contributed by atoms with Crippen molar-refractivity contribution < 1.29 is 9.59 Å². The van der Waals surface area contributed by atoms with Crippen LogP contribution in [0.5, 0.6) is 0 Å². The van der Waals surface area contributed by atoms with E-state index in [1.165, 1.54) is 0 Å². The Morgan fingerprint density at radius 1 is 1.00 bits per heavy atom. The molecular weight excluding hydrogens is 326 g/mol. The Balaban J connectivity index is 1.66. The van der Waals surface area contributed by atoms with Crippen LogP contribution in [0.2, 0.25) is 0 Å². The number of hydrogen-bond acceptors (Lipinski definition) is 3. The predicted molar refractivity (Wildman–Crippen MR) is 102 cm³/mol. The van der Waals surface area contributed by atoms with Gasteiger partial charge in [-0.2, -0.15) is 0 Å². The van der Waals surface area contributed by atoms with Crippen molar-refractivity contribution in [3.63, 3.8) is 0 Å². The van der Waals surface area contributed by atoms with Gasteiger partial charge in [0, 0.05) is 24.6 Å². The standard InChI is InChI=1S/C21H25N3O2/c22-18(16-11-12-16)14-23-21(26)19(13-15-7-3-1-4-8-15)24-20(25)17-9-5-2-6-10-17/h1-10,16,18-19H,11-14,22H2,(H,23,26)(H,24,25). The first-order valence-corrected chi connectivity index (χ1v) is 9.06. The lowest BCUT2D eigenvalue weighted by Crippen LogP contribution is -2.50. The predicted octanol–water partition coefficient (Wildman–Crippen LogP) is 1.88. The number of hydrogen-bond donors (Lipinski definition) is 3. The zero-order valence-electron chi connectivity index (χ0n) is 14.7. The topological polar surface area (TPSA) is 84.2 Å². The van der Waals surface area contributed by atoms with Crippen molar-refractivity contribution in [2.24, 2.45) is 11.7 Å². The Hall–Kier alpha value is -2.66. The lowest BCUT2D eigenvalue weighted by Gasteiger charge is -2.20. The largest absolute Gasteiger partial charge is 0.353 e. The second-order valence-corrected chi connectivity index (χ2v) is 6.83. The molecule has 2 atom stereocenters. The summed E-state index contributed by atoms with van der Waals surface area (Å²) in [6, 6.07) is 17.9. The highest BCUT2D eigenvalue weighted by atomic mass is 16.2. The third kappa shape index (κ3) is 5.17. The van der Waals surface area contributed by atoms with Gasteiger partial charge in [0.05, 0.1) is 0 Å². The van der Waals surface area contributed by atoms with Gasteiger partial charge in [-0.1, -0.05) is 48.5 Å². The third-order valence-electron chi connectivity index (χ3n) is 4.68. The lowest BCUT2D eigenvalue weighted by atomic mass is 10.0. The average molecular weight is 351 g/mol. The van der Waals surface area contributed by atoms with Crippen molar-refractivity contribution in [3.05, 3.63) is 71.8 Å². The van der Waals surface area contributed by atoms with Crippen LogP contribution in [-0.4, -0.2) is 30.4 Å². The van der Waals surface area contributed by atoms with E-state index in [1.807, 2.05) is 36.4 Å². The lowest BCUT2D eigenvalue weighted by molar-refractivity contribution is -0.123. The molecule has 2 aromatic carbocycles. The van der Waals surface area contributed by atoms with E-state index < -0.39 is 6.04 Å². The van der Waals surface area contributed by atoms with Gasteiger partial charge in [0.2, 0.25) is 5.91 Å². The summed E-state index contributed by atoms with van der Waals surface area (Å²) in [4.78, 5) is 25.2. The summed E-state index contributed by atoms with van der Waals surface area (Å²) in [6.45, 7) is 0.440. The van der Waals surface area contributed by atoms with Crippen LogP contribution in [0.3, 0.4) is 0 Å². The molecule has 2 aromatic rings. The molecule has 0 saturated heterocycles. The molecule has 0 aromatic heterocycles. The van der Waals surface area contributed by atoms with E-state index in [1.54, 1.807) is 24.3 Å². The minimum atomic E-state index is -0.642. The molecule has 5 nitrogen and oxygen atoms in total.